The van der Waals surface area contributed by atoms with Gasteiger partial charge in [-0.1, -0.05) is 30.3 Å². The van der Waals surface area contributed by atoms with E-state index in [0.717, 1.165) is 17.7 Å². The lowest BCUT2D eigenvalue weighted by molar-refractivity contribution is -0.145. The molecule has 2 aromatic rings. The summed E-state index contributed by atoms with van der Waals surface area (Å²) in [6.45, 7) is 2.83. The van der Waals surface area contributed by atoms with E-state index in [2.05, 4.69) is 16.0 Å². The third kappa shape index (κ3) is 5.80. The molecule has 0 bridgehead atoms. The standard InChI is InChI=1S/C27H32F2N4O4/c1-16(30-2)25(34)31-22(18-11-14-37-15-12-18)27(36)33-13-10-17-6-3-4-7-19(17)24(33)26(35)32-23-20(28)8-5-9-21(23)29/h3-9,16,18,22,24,30H,10-15H2,1-2H3,(H,31,34)(H,32,35)/t16?,22?,24-/m0/s1. The van der Waals surface area contributed by atoms with Crippen molar-refractivity contribution in [2.24, 2.45) is 5.92 Å². The van der Waals surface area contributed by atoms with Gasteiger partial charge in [0.05, 0.1) is 6.04 Å². The maximum absolute atomic E-state index is 14.4. The van der Waals surface area contributed by atoms with Crippen LogP contribution in [-0.2, 0) is 25.5 Å². The lowest BCUT2D eigenvalue weighted by Gasteiger charge is -2.40. The maximum atomic E-state index is 14.4. The largest absolute Gasteiger partial charge is 0.381 e. The monoisotopic (exact) mass is 514 g/mol. The Bertz CT molecular complexity index is 1130. The molecule has 0 spiro atoms. The molecule has 37 heavy (non-hydrogen) atoms. The van der Waals surface area contributed by atoms with E-state index in [1.165, 1.54) is 11.0 Å². The van der Waals surface area contributed by atoms with Gasteiger partial charge in [-0.15, -0.1) is 0 Å². The van der Waals surface area contributed by atoms with Gasteiger partial charge in [-0.05, 0) is 62.4 Å². The normalized spacial score (nSPS) is 19.5. The molecule has 1 fully saturated rings. The number of nitrogens with zero attached hydrogens (tertiary/aromatic N) is 1. The number of carbonyl (C=O) groups excluding carboxylic acids is 3. The van der Waals surface area contributed by atoms with Gasteiger partial charge in [-0.3, -0.25) is 14.4 Å². The fourth-order valence-electron chi connectivity index (χ4n) is 4.91. The number of anilines is 1. The molecule has 0 aliphatic carbocycles. The Labute approximate surface area is 214 Å². The number of ether oxygens (including phenoxy) is 1. The van der Waals surface area contributed by atoms with Crippen molar-refractivity contribution in [2.75, 3.05) is 32.1 Å². The highest BCUT2D eigenvalue weighted by molar-refractivity contribution is 6.00. The summed E-state index contributed by atoms with van der Waals surface area (Å²) in [7, 11) is 1.65. The van der Waals surface area contributed by atoms with Crippen molar-refractivity contribution in [1.82, 2.24) is 15.5 Å². The summed E-state index contributed by atoms with van der Waals surface area (Å²) in [6, 6.07) is 7.98. The van der Waals surface area contributed by atoms with Gasteiger partial charge in [0.25, 0.3) is 5.91 Å². The van der Waals surface area contributed by atoms with Crippen LogP contribution in [0.25, 0.3) is 0 Å². The molecule has 198 valence electrons. The summed E-state index contributed by atoms with van der Waals surface area (Å²) in [5.74, 6) is -3.48. The number of likely N-dealkylation sites (N-methyl/N-ethyl adjacent to an activating group) is 1. The molecule has 2 aromatic carbocycles. The van der Waals surface area contributed by atoms with Crippen molar-refractivity contribution < 1.29 is 27.9 Å². The first-order valence-corrected chi connectivity index (χ1v) is 12.5. The summed E-state index contributed by atoms with van der Waals surface area (Å²) < 4.78 is 34.2. The van der Waals surface area contributed by atoms with Crippen LogP contribution in [0.5, 0.6) is 0 Å². The third-order valence-corrected chi connectivity index (χ3v) is 7.15. The molecule has 8 nitrogen and oxygen atoms in total. The van der Waals surface area contributed by atoms with Crippen LogP contribution in [0.15, 0.2) is 42.5 Å². The Morgan fingerprint density at radius 1 is 1.03 bits per heavy atom. The van der Waals surface area contributed by atoms with Gasteiger partial charge in [-0.25, -0.2) is 8.78 Å². The number of benzene rings is 2. The number of amides is 3. The number of hydrogen-bond donors (Lipinski definition) is 3. The summed E-state index contributed by atoms with van der Waals surface area (Å²) in [5.41, 5.74) is 0.883. The first kappa shape index (κ1) is 26.7. The van der Waals surface area contributed by atoms with Gasteiger partial charge in [0.15, 0.2) is 0 Å². The fraction of sp³-hybridized carbons (Fsp3) is 0.444. The second kappa shape index (κ2) is 11.8. The molecule has 4 rings (SSSR count). The number of halogens is 2. The number of rotatable bonds is 7. The number of carbonyl (C=O) groups is 3. The van der Waals surface area contributed by atoms with Gasteiger partial charge in [0.2, 0.25) is 11.8 Å². The van der Waals surface area contributed by atoms with E-state index in [0.29, 0.717) is 38.0 Å². The number of para-hydroxylation sites is 1. The molecule has 10 heteroatoms. The zero-order valence-corrected chi connectivity index (χ0v) is 20.9. The van der Waals surface area contributed by atoms with Crippen LogP contribution >= 0.6 is 0 Å². The van der Waals surface area contributed by atoms with E-state index in [1.54, 1.807) is 26.1 Å². The van der Waals surface area contributed by atoms with Gasteiger partial charge in [0, 0.05) is 19.8 Å². The highest BCUT2D eigenvalue weighted by Gasteiger charge is 2.42. The number of fused-ring (bicyclic) bond motifs is 1. The quantitative estimate of drug-likeness (QED) is 0.528. The van der Waals surface area contributed by atoms with Crippen molar-refractivity contribution in [3.05, 3.63) is 65.2 Å². The zero-order valence-electron chi connectivity index (χ0n) is 20.9. The Kier molecular flexibility index (Phi) is 8.50. The minimum atomic E-state index is -1.13. The van der Waals surface area contributed by atoms with Gasteiger partial charge in [0.1, 0.15) is 29.4 Å². The first-order valence-electron chi connectivity index (χ1n) is 12.5. The lowest BCUT2D eigenvalue weighted by Crippen LogP contribution is -2.58. The summed E-state index contributed by atoms with van der Waals surface area (Å²) in [4.78, 5) is 41.9. The van der Waals surface area contributed by atoms with Crippen LogP contribution in [-0.4, -0.2) is 61.5 Å². The van der Waals surface area contributed by atoms with E-state index in [-0.39, 0.29) is 18.4 Å². The molecule has 0 aromatic heterocycles. The highest BCUT2D eigenvalue weighted by atomic mass is 19.1. The van der Waals surface area contributed by atoms with E-state index in [9.17, 15) is 23.2 Å². The van der Waals surface area contributed by atoms with Crippen molar-refractivity contribution in [3.63, 3.8) is 0 Å². The first-order chi connectivity index (χ1) is 17.8. The van der Waals surface area contributed by atoms with E-state index < -0.39 is 47.3 Å². The molecular weight excluding hydrogens is 482 g/mol. The van der Waals surface area contributed by atoms with Crippen molar-refractivity contribution >= 4 is 23.4 Å². The van der Waals surface area contributed by atoms with E-state index in [1.807, 2.05) is 12.1 Å². The molecule has 3 amide bonds. The molecular formula is C27H32F2N4O4. The maximum Gasteiger partial charge on any atom is 0.251 e. The highest BCUT2D eigenvalue weighted by Crippen LogP contribution is 2.33. The molecule has 2 heterocycles. The number of nitrogens with one attached hydrogen (secondary N) is 3. The van der Waals surface area contributed by atoms with Gasteiger partial charge >= 0.3 is 0 Å². The lowest BCUT2D eigenvalue weighted by atomic mass is 9.87. The average Bonchev–Trinajstić information content (AvgIpc) is 2.92. The molecule has 0 radical (unpaired) electrons. The molecule has 3 N–H and O–H groups in total. The summed E-state index contributed by atoms with van der Waals surface area (Å²) >= 11 is 0. The van der Waals surface area contributed by atoms with Gasteiger partial charge < -0.3 is 25.6 Å². The minimum absolute atomic E-state index is 0.181. The Morgan fingerprint density at radius 2 is 1.70 bits per heavy atom. The molecule has 2 aliphatic rings. The van der Waals surface area contributed by atoms with Crippen molar-refractivity contribution in [3.8, 4) is 0 Å². The predicted octanol–water partition coefficient (Wildman–Crippen LogP) is 2.55. The zero-order chi connectivity index (χ0) is 26.5. The minimum Gasteiger partial charge on any atom is -0.381 e. The molecule has 2 unspecified atom stereocenters. The third-order valence-electron chi connectivity index (χ3n) is 7.15. The second-order valence-corrected chi connectivity index (χ2v) is 9.42. The molecule has 2 aliphatic heterocycles. The molecule has 3 atom stereocenters. The van der Waals surface area contributed by atoms with Crippen molar-refractivity contribution in [1.29, 1.82) is 0 Å². The van der Waals surface area contributed by atoms with Crippen LogP contribution in [0, 0.1) is 17.6 Å². The summed E-state index contributed by atoms with van der Waals surface area (Å²) in [5, 5.41) is 8.12. The van der Waals surface area contributed by atoms with Crippen LogP contribution in [0.2, 0.25) is 0 Å². The Morgan fingerprint density at radius 3 is 2.38 bits per heavy atom. The topological polar surface area (TPSA) is 99.8 Å². The summed E-state index contributed by atoms with van der Waals surface area (Å²) in [6.07, 6.45) is 1.65. The number of hydrogen-bond acceptors (Lipinski definition) is 5. The van der Waals surface area contributed by atoms with Crippen LogP contribution < -0.4 is 16.0 Å². The molecule has 0 saturated carbocycles. The SMILES string of the molecule is CNC(C)C(=O)NC(C(=O)N1CCc2ccccc2[C@H]1C(=O)Nc1c(F)cccc1F)C1CCOCC1. The average molecular weight is 515 g/mol. The van der Waals surface area contributed by atoms with Crippen molar-refractivity contribution in [2.45, 2.75) is 44.3 Å². The second-order valence-electron chi connectivity index (χ2n) is 9.42. The van der Waals surface area contributed by atoms with Crippen LogP contribution in [0.1, 0.15) is 36.9 Å². The predicted molar refractivity (Wildman–Crippen MR) is 134 cm³/mol. The smallest absolute Gasteiger partial charge is 0.251 e. The van der Waals surface area contributed by atoms with Crippen LogP contribution in [0.4, 0.5) is 14.5 Å². The van der Waals surface area contributed by atoms with Crippen LogP contribution in [0.3, 0.4) is 0 Å². The van der Waals surface area contributed by atoms with E-state index in [4.69, 9.17) is 4.74 Å². The Hall–Kier alpha value is -3.37. The van der Waals surface area contributed by atoms with E-state index >= 15 is 0 Å². The molecule has 1 saturated heterocycles. The van der Waals surface area contributed by atoms with Gasteiger partial charge in [-0.2, -0.15) is 0 Å². The Balaban J connectivity index is 1.68. The fourth-order valence-corrected chi connectivity index (χ4v) is 4.91.